The number of fused-ring (bicyclic) bond motifs is 3. The van der Waals surface area contributed by atoms with Crippen molar-refractivity contribution in [2.45, 2.75) is 6.54 Å². The van der Waals surface area contributed by atoms with Gasteiger partial charge in [-0.15, -0.1) is 0 Å². The second-order valence-electron chi connectivity index (χ2n) is 12.5. The van der Waals surface area contributed by atoms with Gasteiger partial charge in [0, 0.05) is 60.2 Å². The first-order valence-electron chi connectivity index (χ1n) is 16.7. The normalized spacial score (nSPS) is 11.9. The summed E-state index contributed by atoms with van der Waals surface area (Å²) in [7, 11) is -6.48. The number of benzene rings is 7. The fraction of sp³-hybridized carbons (Fsp3) is 0.0222. The van der Waals surface area contributed by atoms with Crippen LogP contribution in [-0.4, -0.2) is 4.57 Å². The zero-order valence-corrected chi connectivity index (χ0v) is 29.3. The third kappa shape index (κ3) is 5.40. The summed E-state index contributed by atoms with van der Waals surface area (Å²) in [6.45, 7) is 4.55. The Labute approximate surface area is 292 Å². The van der Waals surface area contributed by atoms with Crippen molar-refractivity contribution in [1.29, 1.82) is 0 Å². The van der Waals surface area contributed by atoms with Crippen LogP contribution in [0.1, 0.15) is 11.1 Å². The van der Waals surface area contributed by atoms with Crippen LogP contribution in [0.4, 0.5) is 0 Å². The molecule has 0 saturated carbocycles. The molecule has 50 heavy (non-hydrogen) atoms. The van der Waals surface area contributed by atoms with Gasteiger partial charge in [0.25, 0.3) is 0 Å². The first kappa shape index (κ1) is 31.8. The molecule has 0 bridgehead atoms. The van der Waals surface area contributed by atoms with Crippen molar-refractivity contribution in [3.63, 3.8) is 0 Å². The van der Waals surface area contributed by atoms with Crippen molar-refractivity contribution in [1.82, 2.24) is 4.57 Å². The molecule has 0 aliphatic carbocycles. The van der Waals surface area contributed by atoms with Crippen molar-refractivity contribution in [3.8, 4) is 0 Å². The van der Waals surface area contributed by atoms with Gasteiger partial charge in [-0.05, 0) is 47.5 Å². The van der Waals surface area contributed by atoms with Gasteiger partial charge in [-0.1, -0.05) is 158 Å². The Bertz CT molecular complexity index is 2320. The lowest BCUT2D eigenvalue weighted by Crippen LogP contribution is -2.25. The van der Waals surface area contributed by atoms with Gasteiger partial charge in [-0.25, -0.2) is 0 Å². The highest BCUT2D eigenvalue weighted by Crippen LogP contribution is 2.46. The number of rotatable bonds is 9. The van der Waals surface area contributed by atoms with E-state index in [4.69, 9.17) is 0 Å². The van der Waals surface area contributed by atoms with Crippen molar-refractivity contribution in [2.75, 3.05) is 0 Å². The van der Waals surface area contributed by atoms with Crippen LogP contribution in [0.3, 0.4) is 0 Å². The van der Waals surface area contributed by atoms with Crippen molar-refractivity contribution in [3.05, 3.63) is 200 Å². The SMILES string of the molecule is C=Cc1ccc(Cn2c3ccc(P(=O)(c4ccccc4)c4ccccc4)cc3c3cc(P(=O)(c4ccccc4)c4ccccc4)ccc32)cc1. The topological polar surface area (TPSA) is 39.1 Å². The molecule has 7 aromatic carbocycles. The van der Waals surface area contributed by atoms with Gasteiger partial charge >= 0.3 is 0 Å². The molecule has 1 heterocycles. The zero-order chi connectivity index (χ0) is 34.1. The molecule has 1 aromatic heterocycles. The summed E-state index contributed by atoms with van der Waals surface area (Å²) in [4.78, 5) is 0. The first-order valence-corrected chi connectivity index (χ1v) is 20.1. The average molecular weight is 684 g/mol. The lowest BCUT2D eigenvalue weighted by Gasteiger charge is -2.20. The van der Waals surface area contributed by atoms with E-state index < -0.39 is 14.3 Å². The van der Waals surface area contributed by atoms with Gasteiger partial charge < -0.3 is 13.7 Å². The summed E-state index contributed by atoms with van der Waals surface area (Å²) < 4.78 is 33.3. The predicted molar refractivity (Wildman–Crippen MR) is 214 cm³/mol. The molecule has 0 saturated heterocycles. The fourth-order valence-electron chi connectivity index (χ4n) is 7.03. The lowest BCUT2D eigenvalue weighted by atomic mass is 10.1. The van der Waals surface area contributed by atoms with Crippen LogP contribution in [-0.2, 0) is 15.7 Å². The van der Waals surface area contributed by atoms with E-state index >= 15 is 9.13 Å². The van der Waals surface area contributed by atoms with Crippen LogP contribution in [0.15, 0.2) is 189 Å². The highest BCUT2D eigenvalue weighted by atomic mass is 31.2. The Morgan fingerprint density at radius 2 is 0.800 bits per heavy atom. The van der Waals surface area contributed by atoms with Gasteiger partial charge in [-0.3, -0.25) is 0 Å². The molecule has 0 fully saturated rings. The van der Waals surface area contributed by atoms with E-state index in [0.29, 0.717) is 6.54 Å². The molecule has 0 aliphatic rings. The van der Waals surface area contributed by atoms with E-state index in [9.17, 15) is 0 Å². The molecule has 8 aromatic rings. The summed E-state index contributed by atoms with van der Waals surface area (Å²) in [6.07, 6.45) is 1.85. The maximum atomic E-state index is 15.5. The van der Waals surface area contributed by atoms with Crippen LogP contribution in [0.5, 0.6) is 0 Å². The number of hydrogen-bond donors (Lipinski definition) is 0. The molecule has 0 unspecified atom stereocenters. The quantitative estimate of drug-likeness (QED) is 0.143. The minimum absolute atomic E-state index is 0.639. The van der Waals surface area contributed by atoms with E-state index in [-0.39, 0.29) is 0 Å². The van der Waals surface area contributed by atoms with E-state index in [1.807, 2.05) is 140 Å². The Kier molecular flexibility index (Phi) is 8.33. The van der Waals surface area contributed by atoms with Gasteiger partial charge in [0.2, 0.25) is 0 Å². The molecule has 3 nitrogen and oxygen atoms in total. The van der Waals surface area contributed by atoms with Crippen LogP contribution in [0.25, 0.3) is 27.9 Å². The Morgan fingerprint density at radius 3 is 1.14 bits per heavy atom. The lowest BCUT2D eigenvalue weighted by molar-refractivity contribution is 0.591. The number of nitrogens with zero attached hydrogens (tertiary/aromatic N) is 1. The van der Waals surface area contributed by atoms with Crippen LogP contribution in [0, 0.1) is 0 Å². The molecule has 0 amide bonds. The zero-order valence-electron chi connectivity index (χ0n) is 27.5. The summed E-state index contributed by atoms with van der Waals surface area (Å²) in [5.41, 5.74) is 4.27. The molecule has 0 aliphatic heterocycles. The second kappa shape index (κ2) is 13.1. The van der Waals surface area contributed by atoms with Gasteiger partial charge in [0.05, 0.1) is 0 Å². The monoisotopic (exact) mass is 683 g/mol. The molecule has 0 spiro atoms. The standard InChI is InChI=1S/C45H35NO2P2/c1-2-34-23-25-35(26-24-34)33-46-44-29-27-40(49(47,36-15-7-3-8-16-36)37-17-9-4-10-18-37)31-42(44)43-32-41(28-30-45(43)46)50(48,38-19-11-5-12-20-38)39-21-13-6-14-22-39/h2-32H,1,33H2. The predicted octanol–water partition coefficient (Wildman–Crippen LogP) is 8.76. The Morgan fingerprint density at radius 1 is 0.440 bits per heavy atom. The largest absolute Gasteiger partial charge is 0.336 e. The smallest absolute Gasteiger partial charge is 0.171 e. The third-order valence-corrected chi connectivity index (χ3v) is 15.7. The van der Waals surface area contributed by atoms with Crippen molar-refractivity contribution >= 4 is 74.0 Å². The Hall–Kier alpha value is -5.46. The highest BCUT2D eigenvalue weighted by Gasteiger charge is 2.32. The molecule has 8 rings (SSSR count). The maximum absolute atomic E-state index is 15.5. The number of aromatic nitrogens is 1. The summed E-state index contributed by atoms with van der Waals surface area (Å²) in [5.74, 6) is 0. The Balaban J connectivity index is 1.40. The summed E-state index contributed by atoms with van der Waals surface area (Å²) in [5, 5.41) is 6.62. The average Bonchev–Trinajstić information content (AvgIpc) is 3.50. The summed E-state index contributed by atoms with van der Waals surface area (Å²) in [6, 6.07) is 60.0. The molecule has 0 atom stereocenters. The minimum atomic E-state index is -3.24. The van der Waals surface area contributed by atoms with E-state index in [2.05, 4.69) is 59.7 Å². The maximum Gasteiger partial charge on any atom is 0.171 e. The van der Waals surface area contributed by atoms with Gasteiger partial charge in [0.1, 0.15) is 0 Å². The molecule has 0 radical (unpaired) electrons. The van der Waals surface area contributed by atoms with Crippen molar-refractivity contribution in [2.24, 2.45) is 0 Å². The fourth-order valence-corrected chi connectivity index (χ4v) is 12.4. The van der Waals surface area contributed by atoms with Crippen molar-refractivity contribution < 1.29 is 9.13 Å². The van der Waals surface area contributed by atoms with Gasteiger partial charge in [0.15, 0.2) is 14.3 Å². The van der Waals surface area contributed by atoms with E-state index in [1.54, 1.807) is 0 Å². The number of hydrogen-bond acceptors (Lipinski definition) is 2. The highest BCUT2D eigenvalue weighted by molar-refractivity contribution is 7.85. The van der Waals surface area contributed by atoms with Crippen LogP contribution >= 0.6 is 14.3 Å². The molecular formula is C45H35NO2P2. The van der Waals surface area contributed by atoms with Crippen LogP contribution in [0.2, 0.25) is 0 Å². The van der Waals surface area contributed by atoms with E-state index in [0.717, 1.165) is 64.8 Å². The molecule has 0 N–H and O–H groups in total. The minimum Gasteiger partial charge on any atom is -0.336 e. The first-order chi connectivity index (χ1) is 24.5. The molecule has 242 valence electrons. The van der Waals surface area contributed by atoms with Crippen LogP contribution < -0.4 is 31.8 Å². The van der Waals surface area contributed by atoms with E-state index in [1.165, 1.54) is 0 Å². The van der Waals surface area contributed by atoms with Gasteiger partial charge in [-0.2, -0.15) is 0 Å². The third-order valence-electron chi connectivity index (χ3n) is 9.59. The second-order valence-corrected chi connectivity index (χ2v) is 18.0. The molecule has 5 heteroatoms. The summed E-state index contributed by atoms with van der Waals surface area (Å²) >= 11 is 0. The molecular weight excluding hydrogens is 648 g/mol.